The van der Waals surface area contributed by atoms with E-state index in [9.17, 15) is 0 Å². The van der Waals surface area contributed by atoms with E-state index in [1.807, 2.05) is 11.3 Å². The van der Waals surface area contributed by atoms with Gasteiger partial charge in [-0.05, 0) is 31.9 Å². The first kappa shape index (κ1) is 19.2. The number of hydrogen-bond donors (Lipinski definition) is 2. The van der Waals surface area contributed by atoms with Crippen molar-refractivity contribution in [2.45, 2.75) is 33.7 Å². The molecule has 0 bridgehead atoms. The third-order valence-corrected chi connectivity index (χ3v) is 5.10. The molecule has 0 saturated carbocycles. The molecule has 136 valence electrons. The number of ether oxygens (including phenoxy) is 1. The maximum Gasteiger partial charge on any atom is 0.191 e. The fourth-order valence-electron chi connectivity index (χ4n) is 2.74. The Bertz CT molecular complexity index is 509. The van der Waals surface area contributed by atoms with E-state index in [2.05, 4.69) is 60.4 Å². The van der Waals surface area contributed by atoms with Gasteiger partial charge in [-0.25, -0.2) is 0 Å². The molecule has 1 unspecified atom stereocenters. The van der Waals surface area contributed by atoms with Crippen LogP contribution < -0.4 is 10.6 Å². The van der Waals surface area contributed by atoms with E-state index in [1.54, 1.807) is 0 Å². The Balaban J connectivity index is 2.04. The predicted octanol–water partition coefficient (Wildman–Crippen LogP) is 2.64. The monoisotopic (exact) mass is 352 g/mol. The summed E-state index contributed by atoms with van der Waals surface area (Å²) in [6.45, 7) is 14.9. The summed E-state index contributed by atoms with van der Waals surface area (Å²) in [7, 11) is 0. The molecule has 1 aromatic rings. The van der Waals surface area contributed by atoms with Gasteiger partial charge < -0.3 is 15.4 Å². The number of nitrogens with one attached hydrogen (secondary N) is 2. The molecule has 2 heterocycles. The van der Waals surface area contributed by atoms with E-state index >= 15 is 0 Å². The van der Waals surface area contributed by atoms with Gasteiger partial charge in [-0.1, -0.05) is 13.8 Å². The number of thiophene rings is 1. The number of aliphatic imine (C=N–C) groups is 1. The van der Waals surface area contributed by atoms with Crippen LogP contribution in [-0.2, 0) is 4.74 Å². The molecular formula is C18H32N4OS. The van der Waals surface area contributed by atoms with Gasteiger partial charge in [0.2, 0.25) is 0 Å². The molecule has 2 N–H and O–H groups in total. The molecule has 2 rings (SSSR count). The Morgan fingerprint density at radius 1 is 1.29 bits per heavy atom. The van der Waals surface area contributed by atoms with Crippen LogP contribution in [0.4, 0.5) is 0 Å². The van der Waals surface area contributed by atoms with Gasteiger partial charge in [0, 0.05) is 42.5 Å². The van der Waals surface area contributed by atoms with Crippen molar-refractivity contribution >= 4 is 17.3 Å². The topological polar surface area (TPSA) is 48.9 Å². The summed E-state index contributed by atoms with van der Waals surface area (Å²) in [6, 6.07) is 4.85. The van der Waals surface area contributed by atoms with Crippen LogP contribution >= 0.6 is 11.3 Å². The fraction of sp³-hybridized carbons (Fsp3) is 0.722. The molecular weight excluding hydrogens is 320 g/mol. The zero-order valence-electron chi connectivity index (χ0n) is 15.5. The van der Waals surface area contributed by atoms with Crippen molar-refractivity contribution in [2.24, 2.45) is 10.9 Å². The average molecular weight is 353 g/mol. The van der Waals surface area contributed by atoms with Crippen LogP contribution in [0.3, 0.4) is 0 Å². The standard InChI is InChI=1S/C18H32N4OS/c1-5-19-18(20-12-14(2)3)21-13-16(17-7-6-15(4)24-17)22-8-10-23-11-9-22/h6-7,14,16H,5,8-13H2,1-4H3,(H2,19,20,21). The minimum Gasteiger partial charge on any atom is -0.379 e. The second kappa shape index (κ2) is 10.0. The minimum atomic E-state index is 0.371. The molecule has 1 saturated heterocycles. The lowest BCUT2D eigenvalue weighted by atomic mass is 10.2. The zero-order valence-corrected chi connectivity index (χ0v) is 16.3. The quantitative estimate of drug-likeness (QED) is 0.585. The molecule has 1 aliphatic heterocycles. The first-order valence-electron chi connectivity index (χ1n) is 9.00. The Morgan fingerprint density at radius 3 is 2.62 bits per heavy atom. The number of guanidine groups is 1. The summed E-state index contributed by atoms with van der Waals surface area (Å²) in [5.41, 5.74) is 0. The maximum atomic E-state index is 5.53. The maximum absolute atomic E-state index is 5.53. The van der Waals surface area contributed by atoms with Crippen LogP contribution in [0.25, 0.3) is 0 Å². The highest BCUT2D eigenvalue weighted by Crippen LogP contribution is 2.27. The highest BCUT2D eigenvalue weighted by molar-refractivity contribution is 7.12. The first-order valence-corrected chi connectivity index (χ1v) is 9.82. The molecule has 0 aliphatic carbocycles. The summed E-state index contributed by atoms with van der Waals surface area (Å²) >= 11 is 1.89. The number of hydrogen-bond acceptors (Lipinski definition) is 4. The molecule has 0 spiro atoms. The van der Waals surface area contributed by atoms with Crippen molar-refractivity contribution in [2.75, 3.05) is 45.9 Å². The molecule has 0 radical (unpaired) electrons. The van der Waals surface area contributed by atoms with Crippen LogP contribution in [0, 0.1) is 12.8 Å². The Labute approximate surface area is 150 Å². The highest BCUT2D eigenvalue weighted by atomic mass is 32.1. The molecule has 6 heteroatoms. The van der Waals surface area contributed by atoms with Crippen molar-refractivity contribution in [1.82, 2.24) is 15.5 Å². The third kappa shape index (κ3) is 6.07. The average Bonchev–Trinajstić information content (AvgIpc) is 3.00. The van der Waals surface area contributed by atoms with Crippen molar-refractivity contribution in [3.8, 4) is 0 Å². The number of morpholine rings is 1. The SMILES string of the molecule is CCNC(=NCC(C)C)NCC(c1ccc(C)s1)N1CCOCC1. The summed E-state index contributed by atoms with van der Waals surface area (Å²) in [4.78, 5) is 9.99. The largest absolute Gasteiger partial charge is 0.379 e. The number of rotatable bonds is 7. The predicted molar refractivity (Wildman–Crippen MR) is 103 cm³/mol. The third-order valence-electron chi connectivity index (χ3n) is 4.00. The Kier molecular flexibility index (Phi) is 8.02. The van der Waals surface area contributed by atoms with E-state index < -0.39 is 0 Å². The van der Waals surface area contributed by atoms with Crippen LogP contribution in [0.2, 0.25) is 0 Å². The lowest BCUT2D eigenvalue weighted by Gasteiger charge is -2.34. The van der Waals surface area contributed by atoms with Crippen molar-refractivity contribution in [3.63, 3.8) is 0 Å². The second-order valence-electron chi connectivity index (χ2n) is 6.61. The lowest BCUT2D eigenvalue weighted by Crippen LogP contribution is -2.46. The van der Waals surface area contributed by atoms with E-state index in [1.165, 1.54) is 9.75 Å². The van der Waals surface area contributed by atoms with Gasteiger partial charge in [0.15, 0.2) is 5.96 Å². The summed E-state index contributed by atoms with van der Waals surface area (Å²) in [5.74, 6) is 1.48. The van der Waals surface area contributed by atoms with E-state index in [0.717, 1.165) is 51.9 Å². The van der Waals surface area contributed by atoms with Crippen LogP contribution in [0.5, 0.6) is 0 Å². The molecule has 1 aromatic heterocycles. The lowest BCUT2D eigenvalue weighted by molar-refractivity contribution is 0.0177. The van der Waals surface area contributed by atoms with E-state index in [0.29, 0.717) is 12.0 Å². The van der Waals surface area contributed by atoms with Gasteiger partial charge in [-0.2, -0.15) is 0 Å². The summed E-state index contributed by atoms with van der Waals surface area (Å²) in [5, 5.41) is 6.90. The number of nitrogens with zero attached hydrogens (tertiary/aromatic N) is 2. The molecule has 1 atom stereocenters. The van der Waals surface area contributed by atoms with Gasteiger partial charge in [0.1, 0.15) is 0 Å². The summed E-state index contributed by atoms with van der Waals surface area (Å²) in [6.07, 6.45) is 0. The second-order valence-corrected chi connectivity index (χ2v) is 7.93. The van der Waals surface area contributed by atoms with E-state index in [-0.39, 0.29) is 0 Å². The summed E-state index contributed by atoms with van der Waals surface area (Å²) < 4.78 is 5.53. The highest BCUT2D eigenvalue weighted by Gasteiger charge is 2.24. The molecule has 1 aliphatic rings. The molecule has 1 fully saturated rings. The van der Waals surface area contributed by atoms with Crippen LogP contribution in [0.1, 0.15) is 36.6 Å². The first-order chi connectivity index (χ1) is 11.6. The Hall–Kier alpha value is -1.11. The Morgan fingerprint density at radius 2 is 2.04 bits per heavy atom. The van der Waals surface area contributed by atoms with Crippen molar-refractivity contribution in [3.05, 3.63) is 21.9 Å². The number of aryl methyl sites for hydroxylation is 1. The van der Waals surface area contributed by atoms with Crippen molar-refractivity contribution in [1.29, 1.82) is 0 Å². The normalized spacial score (nSPS) is 18.0. The van der Waals surface area contributed by atoms with Gasteiger partial charge in [0.05, 0.1) is 19.3 Å². The molecule has 0 amide bonds. The van der Waals surface area contributed by atoms with Crippen LogP contribution in [-0.4, -0.2) is 56.8 Å². The van der Waals surface area contributed by atoms with Gasteiger partial charge in [-0.3, -0.25) is 9.89 Å². The van der Waals surface area contributed by atoms with Crippen LogP contribution in [0.15, 0.2) is 17.1 Å². The fourth-order valence-corrected chi connectivity index (χ4v) is 3.75. The van der Waals surface area contributed by atoms with Gasteiger partial charge in [0.25, 0.3) is 0 Å². The minimum absolute atomic E-state index is 0.371. The van der Waals surface area contributed by atoms with E-state index in [4.69, 9.17) is 4.74 Å². The molecule has 5 nitrogen and oxygen atoms in total. The van der Waals surface area contributed by atoms with Gasteiger partial charge in [-0.15, -0.1) is 11.3 Å². The van der Waals surface area contributed by atoms with Crippen molar-refractivity contribution < 1.29 is 4.74 Å². The zero-order chi connectivity index (χ0) is 17.4. The van der Waals surface area contributed by atoms with Gasteiger partial charge >= 0.3 is 0 Å². The molecule has 24 heavy (non-hydrogen) atoms. The smallest absolute Gasteiger partial charge is 0.191 e. The molecule has 0 aromatic carbocycles.